The van der Waals surface area contributed by atoms with Crippen LogP contribution in [0.25, 0.3) is 0 Å². The van der Waals surface area contributed by atoms with Crippen molar-refractivity contribution in [1.82, 2.24) is 4.90 Å². The zero-order valence-electron chi connectivity index (χ0n) is 10.00. The first-order valence-electron chi connectivity index (χ1n) is 6.00. The third-order valence-electron chi connectivity index (χ3n) is 3.42. The fourth-order valence-corrected chi connectivity index (χ4v) is 2.48. The zero-order valence-corrected chi connectivity index (χ0v) is 10.8. The van der Waals surface area contributed by atoms with Crippen molar-refractivity contribution in [3.8, 4) is 0 Å². The lowest BCUT2D eigenvalue weighted by Gasteiger charge is -2.36. The summed E-state index contributed by atoms with van der Waals surface area (Å²) < 4.78 is 13.3. The predicted octanol–water partition coefficient (Wildman–Crippen LogP) is 2.79. The van der Waals surface area contributed by atoms with E-state index < -0.39 is 0 Å². The van der Waals surface area contributed by atoms with Gasteiger partial charge in [-0.25, -0.2) is 4.39 Å². The van der Waals surface area contributed by atoms with Crippen LogP contribution in [0.1, 0.15) is 25.3 Å². The molecule has 0 bridgehead atoms. The van der Waals surface area contributed by atoms with E-state index in [4.69, 9.17) is 17.3 Å². The summed E-state index contributed by atoms with van der Waals surface area (Å²) in [4.78, 5) is 2.34. The van der Waals surface area contributed by atoms with Gasteiger partial charge < -0.3 is 5.73 Å². The number of nitrogens with zero attached hydrogens (tertiary/aromatic N) is 1. The second kappa shape index (κ2) is 5.34. The molecule has 1 aromatic rings. The molecule has 1 aliphatic heterocycles. The van der Waals surface area contributed by atoms with Crippen LogP contribution in [0.2, 0.25) is 5.02 Å². The van der Waals surface area contributed by atoms with Gasteiger partial charge in [0.25, 0.3) is 0 Å². The van der Waals surface area contributed by atoms with E-state index in [2.05, 4.69) is 11.8 Å². The molecule has 1 aromatic carbocycles. The highest BCUT2D eigenvalue weighted by Gasteiger charge is 2.23. The Morgan fingerprint density at radius 2 is 2.29 bits per heavy atom. The van der Waals surface area contributed by atoms with E-state index in [9.17, 15) is 4.39 Å². The van der Waals surface area contributed by atoms with E-state index in [1.165, 1.54) is 6.07 Å². The largest absolute Gasteiger partial charge is 0.328 e. The maximum absolute atomic E-state index is 13.3. The van der Waals surface area contributed by atoms with Gasteiger partial charge in [0, 0.05) is 25.2 Å². The summed E-state index contributed by atoms with van der Waals surface area (Å²) in [5, 5.41) is 0.183. The topological polar surface area (TPSA) is 29.3 Å². The molecule has 1 saturated heterocycles. The van der Waals surface area contributed by atoms with Crippen molar-refractivity contribution in [3.05, 3.63) is 34.6 Å². The van der Waals surface area contributed by atoms with Gasteiger partial charge in [-0.2, -0.15) is 0 Å². The summed E-state index contributed by atoms with van der Waals surface area (Å²) in [6.45, 7) is 3.92. The van der Waals surface area contributed by atoms with Crippen LogP contribution in [0.4, 0.5) is 4.39 Å². The summed E-state index contributed by atoms with van der Waals surface area (Å²) in [6, 6.07) is 5.78. The van der Waals surface area contributed by atoms with Crippen molar-refractivity contribution in [2.75, 3.05) is 6.54 Å². The Bertz CT molecular complexity index is 397. The van der Waals surface area contributed by atoms with Crippen LogP contribution in [-0.4, -0.2) is 23.5 Å². The van der Waals surface area contributed by atoms with Crippen molar-refractivity contribution >= 4 is 11.6 Å². The zero-order chi connectivity index (χ0) is 12.4. The summed E-state index contributed by atoms with van der Waals surface area (Å²) in [6.07, 6.45) is 2.02. The van der Waals surface area contributed by atoms with Crippen LogP contribution in [-0.2, 0) is 6.54 Å². The number of likely N-dealkylation sites (tertiary alicyclic amines) is 1. The number of rotatable bonds is 2. The van der Waals surface area contributed by atoms with Gasteiger partial charge in [-0.15, -0.1) is 0 Å². The van der Waals surface area contributed by atoms with Crippen molar-refractivity contribution in [3.63, 3.8) is 0 Å². The van der Waals surface area contributed by atoms with E-state index in [-0.39, 0.29) is 10.8 Å². The number of nitrogens with two attached hydrogens (primary N) is 1. The average Bonchev–Trinajstić information content (AvgIpc) is 2.27. The minimum absolute atomic E-state index is 0.183. The molecule has 0 aliphatic carbocycles. The quantitative estimate of drug-likeness (QED) is 0.882. The van der Waals surface area contributed by atoms with Crippen LogP contribution < -0.4 is 5.73 Å². The molecule has 1 heterocycles. The summed E-state index contributed by atoms with van der Waals surface area (Å²) in [5.74, 6) is -0.342. The Labute approximate surface area is 107 Å². The number of piperidine rings is 1. The second-order valence-corrected chi connectivity index (χ2v) is 5.26. The fraction of sp³-hybridized carbons (Fsp3) is 0.538. The molecule has 17 heavy (non-hydrogen) atoms. The van der Waals surface area contributed by atoms with Gasteiger partial charge in [0.2, 0.25) is 0 Å². The molecule has 2 unspecified atom stereocenters. The van der Waals surface area contributed by atoms with Gasteiger partial charge in [0.1, 0.15) is 5.82 Å². The Kier molecular flexibility index (Phi) is 4.02. The Balaban J connectivity index is 2.02. The van der Waals surface area contributed by atoms with E-state index in [0.717, 1.165) is 31.5 Å². The van der Waals surface area contributed by atoms with Gasteiger partial charge in [-0.1, -0.05) is 17.7 Å². The molecule has 0 spiro atoms. The van der Waals surface area contributed by atoms with E-state index in [0.29, 0.717) is 12.1 Å². The molecule has 2 atom stereocenters. The molecule has 2 nitrogen and oxygen atoms in total. The maximum atomic E-state index is 13.3. The molecule has 0 radical (unpaired) electrons. The van der Waals surface area contributed by atoms with Crippen LogP contribution >= 0.6 is 11.6 Å². The molecule has 0 saturated carbocycles. The highest BCUT2D eigenvalue weighted by atomic mass is 35.5. The highest BCUT2D eigenvalue weighted by Crippen LogP contribution is 2.21. The normalized spacial score (nSPS) is 26.1. The standard InChI is InChI=1S/C13H18ClFN2/c1-9-6-11(16)4-5-17(9)8-10-2-3-12(14)13(15)7-10/h2-3,7,9,11H,4-6,8,16H2,1H3. The number of hydrogen-bond acceptors (Lipinski definition) is 2. The van der Waals surface area contributed by atoms with E-state index in [1.54, 1.807) is 6.07 Å². The smallest absolute Gasteiger partial charge is 0.142 e. The first-order valence-corrected chi connectivity index (χ1v) is 6.37. The molecular weight excluding hydrogens is 239 g/mol. The van der Waals surface area contributed by atoms with E-state index >= 15 is 0 Å². The highest BCUT2D eigenvalue weighted by molar-refractivity contribution is 6.30. The average molecular weight is 257 g/mol. The van der Waals surface area contributed by atoms with Crippen molar-refractivity contribution in [2.45, 2.75) is 38.4 Å². The Morgan fingerprint density at radius 3 is 2.94 bits per heavy atom. The molecule has 0 amide bonds. The van der Waals surface area contributed by atoms with Gasteiger partial charge in [0.05, 0.1) is 5.02 Å². The minimum atomic E-state index is -0.342. The molecule has 0 aromatic heterocycles. The monoisotopic (exact) mass is 256 g/mol. The Morgan fingerprint density at radius 1 is 1.53 bits per heavy atom. The number of hydrogen-bond donors (Lipinski definition) is 1. The van der Waals surface area contributed by atoms with Gasteiger partial charge in [0.15, 0.2) is 0 Å². The third kappa shape index (κ3) is 3.18. The van der Waals surface area contributed by atoms with E-state index in [1.807, 2.05) is 6.07 Å². The second-order valence-electron chi connectivity index (χ2n) is 4.85. The number of halogens is 2. The molecule has 2 N–H and O–H groups in total. The van der Waals surface area contributed by atoms with Gasteiger partial charge in [-0.3, -0.25) is 4.90 Å². The summed E-state index contributed by atoms with van der Waals surface area (Å²) >= 11 is 5.67. The molecule has 1 fully saturated rings. The lowest BCUT2D eigenvalue weighted by Crippen LogP contribution is -2.44. The van der Waals surface area contributed by atoms with Crippen LogP contribution in [0.3, 0.4) is 0 Å². The van der Waals surface area contributed by atoms with Gasteiger partial charge in [-0.05, 0) is 37.5 Å². The molecule has 2 rings (SSSR count). The molecular formula is C13H18ClFN2. The van der Waals surface area contributed by atoms with Crippen LogP contribution in [0.5, 0.6) is 0 Å². The first-order chi connectivity index (χ1) is 8.06. The van der Waals surface area contributed by atoms with Crippen molar-refractivity contribution < 1.29 is 4.39 Å². The van der Waals surface area contributed by atoms with Crippen LogP contribution in [0.15, 0.2) is 18.2 Å². The van der Waals surface area contributed by atoms with Crippen LogP contribution in [0, 0.1) is 5.82 Å². The first kappa shape index (κ1) is 12.8. The molecule has 4 heteroatoms. The lowest BCUT2D eigenvalue weighted by atomic mass is 9.98. The predicted molar refractivity (Wildman–Crippen MR) is 68.5 cm³/mol. The SMILES string of the molecule is CC1CC(N)CCN1Cc1ccc(Cl)c(F)c1. The maximum Gasteiger partial charge on any atom is 0.142 e. The minimum Gasteiger partial charge on any atom is -0.328 e. The van der Waals surface area contributed by atoms with Crippen molar-refractivity contribution in [2.24, 2.45) is 5.73 Å². The van der Waals surface area contributed by atoms with Crippen molar-refractivity contribution in [1.29, 1.82) is 0 Å². The summed E-state index contributed by atoms with van der Waals surface area (Å²) in [5.41, 5.74) is 6.89. The van der Waals surface area contributed by atoms with Gasteiger partial charge >= 0.3 is 0 Å². The molecule has 1 aliphatic rings. The molecule has 94 valence electrons. The number of benzene rings is 1. The Hall–Kier alpha value is -0.640. The fourth-order valence-electron chi connectivity index (χ4n) is 2.36. The summed E-state index contributed by atoms with van der Waals surface area (Å²) in [7, 11) is 0. The third-order valence-corrected chi connectivity index (χ3v) is 3.73. The lowest BCUT2D eigenvalue weighted by molar-refractivity contribution is 0.140.